The Hall–Kier alpha value is -8.18. The van der Waals surface area contributed by atoms with Crippen molar-refractivity contribution >= 4 is 82.7 Å². The largest absolute Gasteiger partial charge is 0.310 e. The third-order valence-corrected chi connectivity index (χ3v) is 16.2. The fourth-order valence-corrected chi connectivity index (χ4v) is 12.6. The van der Waals surface area contributed by atoms with Gasteiger partial charge in [-0.3, -0.25) is 0 Å². The monoisotopic (exact) mass is 917 g/mol. The first-order valence-electron chi connectivity index (χ1n) is 24.3. The lowest BCUT2D eigenvalue weighted by Crippen LogP contribution is -2.30. The number of benzene rings is 10. The number of anilines is 9. The Kier molecular flexibility index (Phi) is 9.73. The van der Waals surface area contributed by atoms with E-state index in [-0.39, 0.29) is 10.8 Å². The molecule has 0 radical (unpaired) electrons. The molecule has 0 fully saturated rings. The van der Waals surface area contributed by atoms with Crippen molar-refractivity contribution in [3.8, 4) is 22.3 Å². The first-order valence-corrected chi connectivity index (χ1v) is 25.1. The summed E-state index contributed by atoms with van der Waals surface area (Å²) in [6, 6.07) is 87.3. The zero-order valence-corrected chi connectivity index (χ0v) is 40.6. The van der Waals surface area contributed by atoms with Crippen LogP contribution in [0.2, 0.25) is 0 Å². The standard InChI is InChI=1S/C66H51N3S/c1-65(2)55-22-6-10-26-59(55)68(60-27-11-7-23-56(60)65)50-19-15-17-46(41-50)44-31-35-48(36-32-44)67(52-39-40-54-53-21-5-14-30-63(53)70-64(54)43-52)49-37-33-45(34-38-49)47-18-16-20-51(42-47)69-61-28-12-8-24-57(61)66(3,4)58-25-9-13-29-62(58)69/h5-43H,1-4H3. The second kappa shape index (κ2) is 16.2. The van der Waals surface area contributed by atoms with Crippen molar-refractivity contribution in [2.75, 3.05) is 14.7 Å². The van der Waals surface area contributed by atoms with E-state index in [2.05, 4.69) is 279 Å². The molecular weight excluding hydrogens is 867 g/mol. The lowest BCUT2D eigenvalue weighted by Gasteiger charge is -2.42. The molecule has 0 unspecified atom stereocenters. The van der Waals surface area contributed by atoms with E-state index in [4.69, 9.17) is 0 Å². The summed E-state index contributed by atoms with van der Waals surface area (Å²) in [6.07, 6.45) is 0. The molecule has 4 heteroatoms. The van der Waals surface area contributed by atoms with E-state index >= 15 is 0 Å². The van der Waals surface area contributed by atoms with Crippen molar-refractivity contribution < 1.29 is 0 Å². The van der Waals surface area contributed by atoms with E-state index in [0.717, 1.165) is 28.4 Å². The van der Waals surface area contributed by atoms with Crippen molar-refractivity contribution in [2.45, 2.75) is 38.5 Å². The molecular formula is C66H51N3S. The number of nitrogens with zero attached hydrogens (tertiary/aromatic N) is 3. The summed E-state index contributed by atoms with van der Waals surface area (Å²) in [5.41, 5.74) is 20.3. The van der Waals surface area contributed by atoms with Crippen LogP contribution >= 0.6 is 11.3 Å². The van der Waals surface area contributed by atoms with Gasteiger partial charge in [0.1, 0.15) is 0 Å². The summed E-state index contributed by atoms with van der Waals surface area (Å²) in [4.78, 5) is 7.27. The van der Waals surface area contributed by atoms with Crippen LogP contribution in [0, 0.1) is 0 Å². The maximum atomic E-state index is 2.44. The van der Waals surface area contributed by atoms with Crippen molar-refractivity contribution in [3.05, 3.63) is 259 Å². The molecule has 0 aliphatic carbocycles. The normalized spacial score (nSPS) is 14.2. The maximum absolute atomic E-state index is 2.44. The number of rotatable bonds is 7. The average molecular weight is 918 g/mol. The third-order valence-electron chi connectivity index (χ3n) is 15.0. The molecule has 2 aliphatic rings. The van der Waals surface area contributed by atoms with E-state index in [1.54, 1.807) is 0 Å². The van der Waals surface area contributed by atoms with Gasteiger partial charge in [0, 0.05) is 59.4 Å². The summed E-state index contributed by atoms with van der Waals surface area (Å²) in [7, 11) is 0. The number of hydrogen-bond donors (Lipinski definition) is 0. The van der Waals surface area contributed by atoms with Crippen LogP contribution in [0.4, 0.5) is 51.2 Å². The molecule has 13 rings (SSSR count). The molecule has 3 nitrogen and oxygen atoms in total. The summed E-state index contributed by atoms with van der Waals surface area (Å²) < 4.78 is 2.58. The fourth-order valence-electron chi connectivity index (χ4n) is 11.5. The SMILES string of the molecule is CC1(C)c2ccccc2N(c2cccc(-c3ccc(N(c4ccc(-c5cccc(N6c7ccccc7C(C)(C)c7ccccc76)c5)cc4)c4ccc5c(c4)sc4ccccc45)cc3)c2)c2ccccc21. The average Bonchev–Trinajstić information content (AvgIpc) is 3.78. The minimum Gasteiger partial charge on any atom is -0.310 e. The first kappa shape index (κ1) is 42.0. The highest BCUT2D eigenvalue weighted by Crippen LogP contribution is 2.54. The molecule has 1 aromatic heterocycles. The van der Waals surface area contributed by atoms with Crippen LogP contribution < -0.4 is 14.7 Å². The van der Waals surface area contributed by atoms with Gasteiger partial charge in [0.05, 0.1) is 22.7 Å². The molecule has 3 heterocycles. The number of para-hydroxylation sites is 4. The van der Waals surface area contributed by atoms with Gasteiger partial charge in [0.25, 0.3) is 0 Å². The van der Waals surface area contributed by atoms with Crippen molar-refractivity contribution in [2.24, 2.45) is 0 Å². The van der Waals surface area contributed by atoms with Crippen LogP contribution in [0.5, 0.6) is 0 Å². The van der Waals surface area contributed by atoms with Gasteiger partial charge in [-0.1, -0.05) is 173 Å². The Morgan fingerprint density at radius 3 is 1.16 bits per heavy atom. The van der Waals surface area contributed by atoms with Gasteiger partial charge in [-0.15, -0.1) is 11.3 Å². The van der Waals surface area contributed by atoms with Gasteiger partial charge in [0.15, 0.2) is 0 Å². The zero-order chi connectivity index (χ0) is 47.1. The molecule has 0 bridgehead atoms. The lowest BCUT2D eigenvalue weighted by molar-refractivity contribution is 0.632. The molecule has 0 saturated carbocycles. The van der Waals surface area contributed by atoms with Crippen LogP contribution in [0.15, 0.2) is 237 Å². The molecule has 70 heavy (non-hydrogen) atoms. The van der Waals surface area contributed by atoms with Gasteiger partial charge in [-0.2, -0.15) is 0 Å². The summed E-state index contributed by atoms with van der Waals surface area (Å²) in [5, 5.41) is 2.60. The second-order valence-corrected chi connectivity index (χ2v) is 20.9. The van der Waals surface area contributed by atoms with Crippen molar-refractivity contribution in [1.82, 2.24) is 0 Å². The van der Waals surface area contributed by atoms with Crippen LogP contribution in [0.3, 0.4) is 0 Å². The number of fused-ring (bicyclic) bond motifs is 7. The molecule has 2 aliphatic heterocycles. The predicted molar refractivity (Wildman–Crippen MR) is 299 cm³/mol. The van der Waals surface area contributed by atoms with Crippen molar-refractivity contribution in [1.29, 1.82) is 0 Å². The highest BCUT2D eigenvalue weighted by atomic mass is 32.1. The highest BCUT2D eigenvalue weighted by molar-refractivity contribution is 7.25. The Balaban J connectivity index is 0.869. The Morgan fingerprint density at radius 2 is 0.700 bits per heavy atom. The highest BCUT2D eigenvalue weighted by Gasteiger charge is 2.38. The van der Waals surface area contributed by atoms with Gasteiger partial charge in [-0.25, -0.2) is 0 Å². The van der Waals surface area contributed by atoms with E-state index in [0.29, 0.717) is 0 Å². The molecule has 0 N–H and O–H groups in total. The summed E-state index contributed by atoms with van der Waals surface area (Å²) in [5.74, 6) is 0. The molecule has 0 amide bonds. The van der Waals surface area contributed by atoms with Crippen LogP contribution in [-0.4, -0.2) is 0 Å². The van der Waals surface area contributed by atoms with Gasteiger partial charge in [-0.05, 0) is 136 Å². The predicted octanol–water partition coefficient (Wildman–Crippen LogP) is 19.1. The molecule has 0 saturated heterocycles. The quantitative estimate of drug-likeness (QED) is 0.158. The lowest BCUT2D eigenvalue weighted by atomic mass is 9.73. The minimum atomic E-state index is -0.109. The Labute approximate surface area is 414 Å². The molecule has 336 valence electrons. The second-order valence-electron chi connectivity index (χ2n) is 19.8. The number of thiophene rings is 1. The van der Waals surface area contributed by atoms with Crippen LogP contribution in [0.1, 0.15) is 49.9 Å². The first-order chi connectivity index (χ1) is 34.2. The summed E-state index contributed by atoms with van der Waals surface area (Å²) >= 11 is 1.86. The fraction of sp³-hybridized carbons (Fsp3) is 0.0909. The van der Waals surface area contributed by atoms with E-state index < -0.39 is 0 Å². The Morgan fingerprint density at radius 1 is 0.314 bits per heavy atom. The topological polar surface area (TPSA) is 9.72 Å². The molecule has 10 aromatic carbocycles. The van der Waals surface area contributed by atoms with Gasteiger partial charge < -0.3 is 14.7 Å². The van der Waals surface area contributed by atoms with E-state index in [1.165, 1.54) is 87.4 Å². The van der Waals surface area contributed by atoms with Crippen LogP contribution in [-0.2, 0) is 10.8 Å². The molecule has 0 atom stereocenters. The smallest absolute Gasteiger partial charge is 0.0502 e. The van der Waals surface area contributed by atoms with Gasteiger partial charge >= 0.3 is 0 Å². The van der Waals surface area contributed by atoms with Gasteiger partial charge in [0.2, 0.25) is 0 Å². The van der Waals surface area contributed by atoms with E-state index in [1.807, 2.05) is 11.3 Å². The zero-order valence-electron chi connectivity index (χ0n) is 39.8. The van der Waals surface area contributed by atoms with E-state index in [9.17, 15) is 0 Å². The van der Waals surface area contributed by atoms with Crippen LogP contribution in [0.25, 0.3) is 42.4 Å². The maximum Gasteiger partial charge on any atom is 0.0502 e. The molecule has 0 spiro atoms. The van der Waals surface area contributed by atoms with Crippen molar-refractivity contribution in [3.63, 3.8) is 0 Å². The Bertz CT molecular complexity index is 3510. The number of hydrogen-bond acceptors (Lipinski definition) is 4. The minimum absolute atomic E-state index is 0.109. The third kappa shape index (κ3) is 6.70. The molecule has 11 aromatic rings. The summed E-state index contributed by atoms with van der Waals surface area (Å²) in [6.45, 7) is 9.36.